The molecule has 100 valence electrons. The molecule has 3 nitrogen and oxygen atoms in total. The summed E-state index contributed by atoms with van der Waals surface area (Å²) in [5.74, 6) is 1.71. The van der Waals surface area contributed by atoms with Crippen LogP contribution in [0.15, 0.2) is 0 Å². The largest absolute Gasteiger partial charge is 0.374 e. The fourth-order valence-electron chi connectivity index (χ4n) is 3.33. The Kier molecular flexibility index (Phi) is 4.45. The van der Waals surface area contributed by atoms with Crippen molar-refractivity contribution < 1.29 is 4.74 Å². The predicted molar refractivity (Wildman–Crippen MR) is 70.9 cm³/mol. The Bertz CT molecular complexity index is 244. The molecule has 1 heterocycles. The van der Waals surface area contributed by atoms with Crippen LogP contribution in [0.25, 0.3) is 0 Å². The number of nitrogens with zero attached hydrogens (tertiary/aromatic N) is 1. The number of hydrogen-bond acceptors (Lipinski definition) is 3. The van der Waals surface area contributed by atoms with Gasteiger partial charge in [-0.05, 0) is 31.6 Å². The van der Waals surface area contributed by atoms with Crippen molar-refractivity contribution in [2.24, 2.45) is 17.6 Å². The summed E-state index contributed by atoms with van der Waals surface area (Å²) in [6, 6.07) is 0.901. The zero-order valence-electron chi connectivity index (χ0n) is 11.6. The van der Waals surface area contributed by atoms with Crippen LogP contribution in [0.5, 0.6) is 0 Å². The van der Waals surface area contributed by atoms with Gasteiger partial charge in [-0.15, -0.1) is 0 Å². The molecule has 2 aliphatic rings. The molecule has 2 rings (SSSR count). The Morgan fingerprint density at radius 2 is 2.06 bits per heavy atom. The van der Waals surface area contributed by atoms with Crippen LogP contribution >= 0.6 is 0 Å². The molecular weight excluding hydrogens is 212 g/mol. The Hall–Kier alpha value is -0.120. The standard InChI is InChI=1S/C14H28N2O/c1-10-4-5-11(2)13(8-10)16-6-7-17-14(9-16)12(3)15/h10-14H,4-9,15H2,1-3H3. The van der Waals surface area contributed by atoms with Crippen LogP contribution in [0.3, 0.4) is 0 Å². The van der Waals surface area contributed by atoms with Crippen molar-refractivity contribution in [1.29, 1.82) is 0 Å². The van der Waals surface area contributed by atoms with E-state index in [0.717, 1.165) is 37.6 Å². The number of nitrogens with two attached hydrogens (primary N) is 1. The van der Waals surface area contributed by atoms with Crippen LogP contribution in [-0.2, 0) is 4.74 Å². The Morgan fingerprint density at radius 3 is 2.76 bits per heavy atom. The van der Waals surface area contributed by atoms with E-state index >= 15 is 0 Å². The molecule has 0 amide bonds. The summed E-state index contributed by atoms with van der Waals surface area (Å²) in [4.78, 5) is 2.64. The highest BCUT2D eigenvalue weighted by Crippen LogP contribution is 2.32. The molecule has 3 heteroatoms. The van der Waals surface area contributed by atoms with Gasteiger partial charge in [-0.25, -0.2) is 0 Å². The third-order valence-corrected chi connectivity index (χ3v) is 4.60. The summed E-state index contributed by atoms with van der Waals surface area (Å²) in [6.07, 6.45) is 4.37. The Labute approximate surface area is 106 Å². The van der Waals surface area contributed by atoms with Gasteiger partial charge in [-0.1, -0.05) is 20.3 Å². The molecule has 1 aliphatic heterocycles. The van der Waals surface area contributed by atoms with Crippen molar-refractivity contribution in [2.75, 3.05) is 19.7 Å². The molecule has 0 aromatic carbocycles. The van der Waals surface area contributed by atoms with Crippen molar-refractivity contribution in [3.63, 3.8) is 0 Å². The highest BCUT2D eigenvalue weighted by molar-refractivity contribution is 4.88. The van der Waals surface area contributed by atoms with Crippen molar-refractivity contribution in [3.05, 3.63) is 0 Å². The quantitative estimate of drug-likeness (QED) is 0.800. The SMILES string of the molecule is CC1CCC(C)C(N2CCOC(C(C)N)C2)C1. The second kappa shape index (κ2) is 5.68. The smallest absolute Gasteiger partial charge is 0.0850 e. The van der Waals surface area contributed by atoms with E-state index in [-0.39, 0.29) is 12.1 Å². The van der Waals surface area contributed by atoms with Gasteiger partial charge in [-0.2, -0.15) is 0 Å². The topological polar surface area (TPSA) is 38.5 Å². The monoisotopic (exact) mass is 240 g/mol. The molecule has 0 aromatic rings. The average Bonchev–Trinajstić information content (AvgIpc) is 2.32. The molecular formula is C14H28N2O. The zero-order valence-corrected chi connectivity index (χ0v) is 11.6. The molecule has 2 fully saturated rings. The minimum atomic E-state index is 0.147. The minimum absolute atomic E-state index is 0.147. The van der Waals surface area contributed by atoms with E-state index in [4.69, 9.17) is 10.5 Å². The average molecular weight is 240 g/mol. The number of rotatable bonds is 2. The maximum atomic E-state index is 5.97. The summed E-state index contributed by atoms with van der Waals surface area (Å²) < 4.78 is 5.76. The first kappa shape index (κ1) is 13.3. The molecule has 5 atom stereocenters. The first-order valence-corrected chi connectivity index (χ1v) is 7.19. The van der Waals surface area contributed by atoms with Gasteiger partial charge in [0.25, 0.3) is 0 Å². The second-order valence-corrected chi connectivity index (χ2v) is 6.23. The van der Waals surface area contributed by atoms with Gasteiger partial charge in [0.2, 0.25) is 0 Å². The van der Waals surface area contributed by atoms with E-state index in [1.54, 1.807) is 0 Å². The fraction of sp³-hybridized carbons (Fsp3) is 1.00. The van der Waals surface area contributed by atoms with Crippen LogP contribution in [0.2, 0.25) is 0 Å². The first-order chi connectivity index (χ1) is 8.08. The predicted octanol–water partition coefficient (Wildman–Crippen LogP) is 1.86. The molecule has 17 heavy (non-hydrogen) atoms. The second-order valence-electron chi connectivity index (χ2n) is 6.23. The number of morpholine rings is 1. The molecule has 1 aliphatic carbocycles. The third-order valence-electron chi connectivity index (χ3n) is 4.60. The van der Waals surface area contributed by atoms with Gasteiger partial charge in [0.05, 0.1) is 12.7 Å². The van der Waals surface area contributed by atoms with E-state index < -0.39 is 0 Å². The maximum absolute atomic E-state index is 5.97. The summed E-state index contributed by atoms with van der Waals surface area (Å²) in [5, 5.41) is 0. The third kappa shape index (κ3) is 3.21. The molecule has 0 spiro atoms. The van der Waals surface area contributed by atoms with Crippen molar-refractivity contribution in [3.8, 4) is 0 Å². The summed E-state index contributed by atoms with van der Waals surface area (Å²) >= 11 is 0. The minimum Gasteiger partial charge on any atom is -0.374 e. The van der Waals surface area contributed by atoms with Crippen LogP contribution < -0.4 is 5.73 Å². The van der Waals surface area contributed by atoms with Crippen molar-refractivity contribution in [2.45, 2.75) is 58.2 Å². The summed E-state index contributed by atoms with van der Waals surface area (Å²) in [6.45, 7) is 9.82. The Balaban J connectivity index is 1.95. The molecule has 5 unspecified atom stereocenters. The Morgan fingerprint density at radius 1 is 1.29 bits per heavy atom. The van der Waals surface area contributed by atoms with Gasteiger partial charge >= 0.3 is 0 Å². The first-order valence-electron chi connectivity index (χ1n) is 7.19. The lowest BCUT2D eigenvalue weighted by atomic mass is 9.79. The van der Waals surface area contributed by atoms with E-state index in [2.05, 4.69) is 25.7 Å². The van der Waals surface area contributed by atoms with Crippen LogP contribution in [0, 0.1) is 11.8 Å². The van der Waals surface area contributed by atoms with E-state index in [1.807, 2.05) is 0 Å². The van der Waals surface area contributed by atoms with E-state index in [1.165, 1.54) is 19.3 Å². The molecule has 0 radical (unpaired) electrons. The molecule has 2 N–H and O–H groups in total. The molecule has 1 saturated heterocycles. The van der Waals surface area contributed by atoms with Crippen LogP contribution in [0.1, 0.15) is 40.0 Å². The van der Waals surface area contributed by atoms with Crippen molar-refractivity contribution >= 4 is 0 Å². The van der Waals surface area contributed by atoms with E-state index in [0.29, 0.717) is 0 Å². The number of ether oxygens (including phenoxy) is 1. The summed E-state index contributed by atoms with van der Waals surface area (Å²) in [7, 11) is 0. The van der Waals surface area contributed by atoms with Gasteiger partial charge in [0.15, 0.2) is 0 Å². The maximum Gasteiger partial charge on any atom is 0.0850 e. The normalized spacial score (nSPS) is 42.4. The number of hydrogen-bond donors (Lipinski definition) is 1. The lowest BCUT2D eigenvalue weighted by Gasteiger charge is -2.45. The summed E-state index contributed by atoms with van der Waals surface area (Å²) in [5.41, 5.74) is 5.97. The molecule has 0 bridgehead atoms. The van der Waals surface area contributed by atoms with Crippen LogP contribution in [-0.4, -0.2) is 42.8 Å². The van der Waals surface area contributed by atoms with Gasteiger partial charge < -0.3 is 10.5 Å². The van der Waals surface area contributed by atoms with Gasteiger partial charge in [0, 0.05) is 25.2 Å². The van der Waals surface area contributed by atoms with Crippen LogP contribution in [0.4, 0.5) is 0 Å². The fourth-order valence-corrected chi connectivity index (χ4v) is 3.33. The highest BCUT2D eigenvalue weighted by Gasteiger charge is 2.34. The van der Waals surface area contributed by atoms with Gasteiger partial charge in [-0.3, -0.25) is 4.90 Å². The highest BCUT2D eigenvalue weighted by atomic mass is 16.5. The molecule has 0 aromatic heterocycles. The lowest BCUT2D eigenvalue weighted by molar-refractivity contribution is -0.0667. The zero-order chi connectivity index (χ0) is 12.4. The lowest BCUT2D eigenvalue weighted by Crippen LogP contribution is -2.55. The van der Waals surface area contributed by atoms with E-state index in [9.17, 15) is 0 Å². The van der Waals surface area contributed by atoms with Crippen molar-refractivity contribution in [1.82, 2.24) is 4.90 Å². The van der Waals surface area contributed by atoms with Gasteiger partial charge in [0.1, 0.15) is 0 Å². The molecule has 1 saturated carbocycles.